The van der Waals surface area contributed by atoms with Crippen molar-refractivity contribution in [3.8, 4) is 0 Å². The van der Waals surface area contributed by atoms with Crippen molar-refractivity contribution in [2.75, 3.05) is 12.3 Å². The molecular formula is C15H26N6. The van der Waals surface area contributed by atoms with Crippen LogP contribution in [0.3, 0.4) is 0 Å². The fourth-order valence-electron chi connectivity index (χ4n) is 2.43. The van der Waals surface area contributed by atoms with E-state index < -0.39 is 0 Å². The number of aromatic nitrogens is 4. The molecule has 2 rings (SSSR count). The first kappa shape index (κ1) is 15.7. The highest BCUT2D eigenvalue weighted by Crippen LogP contribution is 2.17. The number of nitrogens with two attached hydrogens (primary N) is 1. The molecular weight excluding hydrogens is 264 g/mol. The minimum atomic E-state index is 0.467. The number of nitrogens with zero attached hydrogens (tertiary/aromatic N) is 5. The average molecular weight is 290 g/mol. The third kappa shape index (κ3) is 3.69. The van der Waals surface area contributed by atoms with Crippen molar-refractivity contribution in [1.82, 2.24) is 24.6 Å². The van der Waals surface area contributed by atoms with Gasteiger partial charge in [-0.05, 0) is 26.8 Å². The predicted molar refractivity (Wildman–Crippen MR) is 85.8 cm³/mol. The van der Waals surface area contributed by atoms with Gasteiger partial charge in [-0.25, -0.2) is 9.97 Å². The third-order valence-electron chi connectivity index (χ3n) is 3.79. The van der Waals surface area contributed by atoms with E-state index in [4.69, 9.17) is 5.73 Å². The molecule has 0 bridgehead atoms. The SMILES string of the molecule is CCCCCN(Cc1nc(N)c2cnn(C)c2n1)C(C)C. The van der Waals surface area contributed by atoms with Gasteiger partial charge in [-0.2, -0.15) is 5.10 Å². The van der Waals surface area contributed by atoms with Crippen molar-refractivity contribution < 1.29 is 0 Å². The van der Waals surface area contributed by atoms with Crippen LogP contribution in [0.1, 0.15) is 45.9 Å². The van der Waals surface area contributed by atoms with E-state index in [1.54, 1.807) is 10.9 Å². The molecule has 0 saturated carbocycles. The van der Waals surface area contributed by atoms with Crippen LogP contribution in [0.5, 0.6) is 0 Å². The highest BCUT2D eigenvalue weighted by Gasteiger charge is 2.14. The van der Waals surface area contributed by atoms with Gasteiger partial charge in [0.05, 0.1) is 18.1 Å². The van der Waals surface area contributed by atoms with Gasteiger partial charge >= 0.3 is 0 Å². The van der Waals surface area contributed by atoms with Crippen LogP contribution in [0.4, 0.5) is 5.82 Å². The lowest BCUT2D eigenvalue weighted by molar-refractivity contribution is 0.203. The first-order valence-corrected chi connectivity index (χ1v) is 7.71. The molecule has 2 aromatic heterocycles. The molecule has 0 saturated heterocycles. The molecule has 0 amide bonds. The summed E-state index contributed by atoms with van der Waals surface area (Å²) >= 11 is 0. The molecule has 0 unspecified atom stereocenters. The van der Waals surface area contributed by atoms with Gasteiger partial charge in [0.25, 0.3) is 0 Å². The Bertz CT molecular complexity index is 589. The monoisotopic (exact) mass is 290 g/mol. The topological polar surface area (TPSA) is 72.9 Å². The van der Waals surface area contributed by atoms with Gasteiger partial charge in [0, 0.05) is 13.1 Å². The highest BCUT2D eigenvalue weighted by atomic mass is 15.3. The Hall–Kier alpha value is -1.69. The van der Waals surface area contributed by atoms with Gasteiger partial charge in [0.2, 0.25) is 0 Å². The van der Waals surface area contributed by atoms with Gasteiger partial charge in [-0.15, -0.1) is 0 Å². The van der Waals surface area contributed by atoms with Crippen molar-refractivity contribution in [3.63, 3.8) is 0 Å². The highest BCUT2D eigenvalue weighted by molar-refractivity contribution is 5.84. The Morgan fingerprint density at radius 3 is 2.71 bits per heavy atom. The second-order valence-corrected chi connectivity index (χ2v) is 5.80. The molecule has 0 aliphatic heterocycles. The second-order valence-electron chi connectivity index (χ2n) is 5.80. The summed E-state index contributed by atoms with van der Waals surface area (Å²) < 4.78 is 1.74. The molecule has 6 heteroatoms. The van der Waals surface area contributed by atoms with Crippen LogP contribution < -0.4 is 5.73 Å². The van der Waals surface area contributed by atoms with Gasteiger partial charge in [0.15, 0.2) is 5.65 Å². The molecule has 0 atom stereocenters. The van der Waals surface area contributed by atoms with Crippen LogP contribution in [0.2, 0.25) is 0 Å². The first-order valence-electron chi connectivity index (χ1n) is 7.71. The molecule has 0 radical (unpaired) electrons. The van der Waals surface area contributed by atoms with Crippen LogP contribution >= 0.6 is 0 Å². The Morgan fingerprint density at radius 1 is 1.29 bits per heavy atom. The standard InChI is InChI=1S/C15H26N6/c1-5-6-7-8-21(11(2)3)10-13-18-14(16)12-9-17-20(4)15(12)19-13/h9,11H,5-8,10H2,1-4H3,(H2,16,18,19). The van der Waals surface area contributed by atoms with E-state index in [0.29, 0.717) is 11.9 Å². The van der Waals surface area contributed by atoms with E-state index in [-0.39, 0.29) is 0 Å². The summed E-state index contributed by atoms with van der Waals surface area (Å²) in [6, 6.07) is 0.467. The van der Waals surface area contributed by atoms with E-state index in [2.05, 4.69) is 40.7 Å². The van der Waals surface area contributed by atoms with Crippen LogP contribution in [0, 0.1) is 0 Å². The molecule has 116 valence electrons. The number of hydrogen-bond donors (Lipinski definition) is 1. The maximum atomic E-state index is 6.02. The fraction of sp³-hybridized carbons (Fsp3) is 0.667. The van der Waals surface area contributed by atoms with Crippen molar-refractivity contribution in [1.29, 1.82) is 0 Å². The third-order valence-corrected chi connectivity index (χ3v) is 3.79. The van der Waals surface area contributed by atoms with Gasteiger partial charge < -0.3 is 5.73 Å². The van der Waals surface area contributed by atoms with Gasteiger partial charge in [-0.3, -0.25) is 9.58 Å². The van der Waals surface area contributed by atoms with Crippen LogP contribution in [-0.2, 0) is 13.6 Å². The zero-order valence-corrected chi connectivity index (χ0v) is 13.5. The van der Waals surface area contributed by atoms with Gasteiger partial charge in [0.1, 0.15) is 11.6 Å². The van der Waals surface area contributed by atoms with Crippen LogP contribution in [0.25, 0.3) is 11.0 Å². The maximum Gasteiger partial charge on any atom is 0.163 e. The normalized spacial score (nSPS) is 11.9. The first-order chi connectivity index (χ1) is 10.0. The number of hydrogen-bond acceptors (Lipinski definition) is 5. The smallest absolute Gasteiger partial charge is 0.163 e. The summed E-state index contributed by atoms with van der Waals surface area (Å²) in [5.74, 6) is 1.29. The van der Waals surface area contributed by atoms with Crippen molar-refractivity contribution in [2.24, 2.45) is 7.05 Å². The molecule has 0 fully saturated rings. The summed E-state index contributed by atoms with van der Waals surface area (Å²) in [5, 5.41) is 5.02. The molecule has 0 aliphatic carbocycles. The molecule has 0 aliphatic rings. The van der Waals surface area contributed by atoms with Crippen molar-refractivity contribution in [3.05, 3.63) is 12.0 Å². The Labute approximate surface area is 126 Å². The van der Waals surface area contributed by atoms with E-state index in [1.807, 2.05) is 7.05 Å². The Balaban J connectivity index is 2.18. The molecule has 2 N–H and O–H groups in total. The Kier molecular flexibility index (Phi) is 5.12. The van der Waals surface area contributed by atoms with E-state index in [9.17, 15) is 0 Å². The minimum Gasteiger partial charge on any atom is -0.383 e. The lowest BCUT2D eigenvalue weighted by atomic mass is 10.2. The van der Waals surface area contributed by atoms with E-state index in [0.717, 1.165) is 29.9 Å². The largest absolute Gasteiger partial charge is 0.383 e. The number of anilines is 1. The lowest BCUT2D eigenvalue weighted by Crippen LogP contribution is -2.32. The Morgan fingerprint density at radius 2 is 2.05 bits per heavy atom. The number of aryl methyl sites for hydroxylation is 1. The molecule has 2 heterocycles. The van der Waals surface area contributed by atoms with Crippen LogP contribution in [0.15, 0.2) is 6.20 Å². The van der Waals surface area contributed by atoms with Crippen LogP contribution in [-0.4, -0.2) is 37.2 Å². The molecule has 0 spiro atoms. The lowest BCUT2D eigenvalue weighted by Gasteiger charge is -2.25. The maximum absolute atomic E-state index is 6.02. The fourth-order valence-corrected chi connectivity index (χ4v) is 2.43. The number of fused-ring (bicyclic) bond motifs is 1. The number of nitrogen functional groups attached to an aromatic ring is 1. The average Bonchev–Trinajstić information content (AvgIpc) is 2.80. The molecule has 0 aromatic carbocycles. The number of rotatable bonds is 7. The second kappa shape index (κ2) is 6.85. The summed E-state index contributed by atoms with van der Waals surface area (Å²) in [6.45, 7) is 8.43. The zero-order chi connectivity index (χ0) is 15.4. The predicted octanol–water partition coefficient (Wildman–Crippen LogP) is 2.35. The minimum absolute atomic E-state index is 0.467. The summed E-state index contributed by atoms with van der Waals surface area (Å²) in [7, 11) is 1.88. The summed E-state index contributed by atoms with van der Waals surface area (Å²) in [6.07, 6.45) is 5.41. The summed E-state index contributed by atoms with van der Waals surface area (Å²) in [5.41, 5.74) is 6.82. The molecule has 2 aromatic rings. The van der Waals surface area contributed by atoms with E-state index >= 15 is 0 Å². The van der Waals surface area contributed by atoms with Crippen molar-refractivity contribution >= 4 is 16.9 Å². The summed E-state index contributed by atoms with van der Waals surface area (Å²) in [4.78, 5) is 11.4. The molecule has 21 heavy (non-hydrogen) atoms. The number of unbranched alkanes of at least 4 members (excludes halogenated alkanes) is 2. The van der Waals surface area contributed by atoms with Gasteiger partial charge in [-0.1, -0.05) is 19.8 Å². The van der Waals surface area contributed by atoms with E-state index in [1.165, 1.54) is 19.3 Å². The quantitative estimate of drug-likeness (QED) is 0.792. The zero-order valence-electron chi connectivity index (χ0n) is 13.5. The molecule has 6 nitrogen and oxygen atoms in total. The van der Waals surface area contributed by atoms with Crippen molar-refractivity contribution in [2.45, 2.75) is 52.6 Å².